The standard InChI is InChI=1S/C14H17N3O2S.ClH/c1-19-11-5-2-4-10(8-11)14-16-9-13(20-14)17-12(18)6-3-7-15;/h2,4-5,8-9H,3,6-7,15H2,1H3,(H,17,18);1H. The second kappa shape index (κ2) is 8.61. The Labute approximate surface area is 133 Å². The summed E-state index contributed by atoms with van der Waals surface area (Å²) >= 11 is 1.44. The number of nitrogens with two attached hydrogens (primary N) is 1. The summed E-state index contributed by atoms with van der Waals surface area (Å²) in [4.78, 5) is 15.9. The van der Waals surface area contributed by atoms with Crippen molar-refractivity contribution in [3.8, 4) is 16.3 Å². The van der Waals surface area contributed by atoms with E-state index < -0.39 is 0 Å². The van der Waals surface area contributed by atoms with Gasteiger partial charge in [-0.1, -0.05) is 23.5 Å². The molecule has 0 radical (unpaired) electrons. The van der Waals surface area contributed by atoms with Crippen molar-refractivity contribution >= 4 is 34.7 Å². The fraction of sp³-hybridized carbons (Fsp3) is 0.286. The number of methoxy groups -OCH3 is 1. The zero-order chi connectivity index (χ0) is 14.4. The maximum Gasteiger partial charge on any atom is 0.225 e. The number of nitrogens with one attached hydrogen (secondary N) is 1. The van der Waals surface area contributed by atoms with Crippen LogP contribution in [0.3, 0.4) is 0 Å². The van der Waals surface area contributed by atoms with Crippen molar-refractivity contribution in [2.75, 3.05) is 19.0 Å². The van der Waals surface area contributed by atoms with E-state index in [9.17, 15) is 4.79 Å². The van der Waals surface area contributed by atoms with Gasteiger partial charge in [0.15, 0.2) is 0 Å². The van der Waals surface area contributed by atoms with Gasteiger partial charge in [0.2, 0.25) is 5.91 Å². The van der Waals surface area contributed by atoms with E-state index in [1.165, 1.54) is 11.3 Å². The van der Waals surface area contributed by atoms with Crippen LogP contribution < -0.4 is 15.8 Å². The first-order valence-electron chi connectivity index (χ1n) is 6.33. The maximum absolute atomic E-state index is 11.6. The fourth-order valence-corrected chi connectivity index (χ4v) is 2.51. The molecule has 5 nitrogen and oxygen atoms in total. The van der Waals surface area contributed by atoms with E-state index in [1.807, 2.05) is 24.3 Å². The maximum atomic E-state index is 11.6. The zero-order valence-electron chi connectivity index (χ0n) is 11.7. The predicted octanol–water partition coefficient (Wildman–Crippen LogP) is 2.92. The molecule has 0 unspecified atom stereocenters. The summed E-state index contributed by atoms with van der Waals surface area (Å²) in [7, 11) is 1.63. The first kappa shape index (κ1) is 17.4. The second-order valence-corrected chi connectivity index (χ2v) is 5.23. The van der Waals surface area contributed by atoms with Crippen LogP contribution in [0.15, 0.2) is 30.5 Å². The Balaban J connectivity index is 0.00000220. The lowest BCUT2D eigenvalue weighted by molar-refractivity contribution is -0.116. The average Bonchev–Trinajstić information content (AvgIpc) is 2.93. The summed E-state index contributed by atoms with van der Waals surface area (Å²) < 4.78 is 5.19. The Morgan fingerprint density at radius 3 is 3.00 bits per heavy atom. The molecule has 1 aromatic heterocycles. The normalized spacial score (nSPS) is 9.81. The second-order valence-electron chi connectivity index (χ2n) is 4.20. The van der Waals surface area contributed by atoms with Crippen LogP contribution in [0.25, 0.3) is 10.6 Å². The van der Waals surface area contributed by atoms with E-state index in [-0.39, 0.29) is 18.3 Å². The monoisotopic (exact) mass is 327 g/mol. The van der Waals surface area contributed by atoms with E-state index in [0.717, 1.165) is 21.3 Å². The van der Waals surface area contributed by atoms with E-state index in [4.69, 9.17) is 10.5 Å². The minimum absolute atomic E-state index is 0. The van der Waals surface area contributed by atoms with Crippen molar-refractivity contribution in [3.63, 3.8) is 0 Å². The summed E-state index contributed by atoms with van der Waals surface area (Å²) in [5, 5.41) is 4.41. The molecular weight excluding hydrogens is 310 g/mol. The molecule has 0 saturated carbocycles. The summed E-state index contributed by atoms with van der Waals surface area (Å²) in [6, 6.07) is 7.67. The third kappa shape index (κ3) is 5.00. The lowest BCUT2D eigenvalue weighted by Crippen LogP contribution is -2.12. The van der Waals surface area contributed by atoms with Crippen LogP contribution >= 0.6 is 23.7 Å². The molecule has 2 rings (SSSR count). The third-order valence-corrected chi connectivity index (χ3v) is 3.65. The topological polar surface area (TPSA) is 77.2 Å². The Bertz CT molecular complexity index is 589. The molecule has 114 valence electrons. The predicted molar refractivity (Wildman–Crippen MR) is 88.3 cm³/mol. The number of amides is 1. The van der Waals surface area contributed by atoms with Gasteiger partial charge in [-0.15, -0.1) is 12.4 Å². The van der Waals surface area contributed by atoms with Crippen LogP contribution in [-0.4, -0.2) is 24.5 Å². The van der Waals surface area contributed by atoms with Gasteiger partial charge in [0.1, 0.15) is 15.8 Å². The number of halogens is 1. The number of hydrogen-bond acceptors (Lipinski definition) is 5. The molecule has 0 fully saturated rings. The third-order valence-electron chi connectivity index (χ3n) is 2.69. The van der Waals surface area contributed by atoms with Gasteiger partial charge >= 0.3 is 0 Å². The molecule has 0 aliphatic heterocycles. The van der Waals surface area contributed by atoms with Crippen molar-refractivity contribution in [1.82, 2.24) is 4.98 Å². The van der Waals surface area contributed by atoms with E-state index in [0.29, 0.717) is 19.4 Å². The quantitative estimate of drug-likeness (QED) is 0.855. The van der Waals surface area contributed by atoms with Gasteiger partial charge in [-0.05, 0) is 25.1 Å². The minimum Gasteiger partial charge on any atom is -0.497 e. The first-order chi connectivity index (χ1) is 9.72. The van der Waals surface area contributed by atoms with Crippen molar-refractivity contribution in [3.05, 3.63) is 30.5 Å². The summed E-state index contributed by atoms with van der Waals surface area (Å²) in [6.07, 6.45) is 2.79. The van der Waals surface area contributed by atoms with Crippen LogP contribution in [0.4, 0.5) is 5.00 Å². The molecule has 7 heteroatoms. The van der Waals surface area contributed by atoms with E-state index in [1.54, 1.807) is 13.3 Å². The van der Waals surface area contributed by atoms with E-state index >= 15 is 0 Å². The van der Waals surface area contributed by atoms with Gasteiger partial charge in [0, 0.05) is 12.0 Å². The number of rotatable bonds is 6. The number of benzene rings is 1. The van der Waals surface area contributed by atoms with Crippen LogP contribution in [0.2, 0.25) is 0 Å². The summed E-state index contributed by atoms with van der Waals surface area (Å²) in [5.41, 5.74) is 6.35. The first-order valence-corrected chi connectivity index (χ1v) is 7.14. The Morgan fingerprint density at radius 1 is 1.48 bits per heavy atom. The smallest absolute Gasteiger partial charge is 0.225 e. The van der Waals surface area contributed by atoms with E-state index in [2.05, 4.69) is 10.3 Å². The number of carbonyl (C=O) groups excluding carboxylic acids is 1. The van der Waals surface area contributed by atoms with Crippen LogP contribution in [0, 0.1) is 0 Å². The van der Waals surface area contributed by atoms with Crippen LogP contribution in [0.5, 0.6) is 5.75 Å². The molecule has 0 aliphatic carbocycles. The average molecular weight is 328 g/mol. The Hall–Kier alpha value is -1.63. The number of thiazole rings is 1. The number of hydrogen-bond donors (Lipinski definition) is 2. The SMILES string of the molecule is COc1cccc(-c2ncc(NC(=O)CCCN)s2)c1.Cl. The molecule has 2 aromatic rings. The van der Waals surface area contributed by atoms with Crippen molar-refractivity contribution < 1.29 is 9.53 Å². The van der Waals surface area contributed by atoms with Crippen molar-refractivity contribution in [2.24, 2.45) is 5.73 Å². The zero-order valence-corrected chi connectivity index (χ0v) is 13.3. The molecule has 21 heavy (non-hydrogen) atoms. The fourth-order valence-electron chi connectivity index (χ4n) is 1.68. The van der Waals surface area contributed by atoms with Crippen molar-refractivity contribution in [1.29, 1.82) is 0 Å². The molecule has 0 bridgehead atoms. The molecule has 1 amide bonds. The minimum atomic E-state index is -0.0312. The van der Waals surface area contributed by atoms with Crippen LogP contribution in [0.1, 0.15) is 12.8 Å². The summed E-state index contributed by atoms with van der Waals surface area (Å²) in [5.74, 6) is 0.752. The molecule has 1 aromatic carbocycles. The molecule has 0 spiro atoms. The Morgan fingerprint density at radius 2 is 2.29 bits per heavy atom. The number of ether oxygens (including phenoxy) is 1. The number of nitrogens with zero attached hydrogens (tertiary/aromatic N) is 1. The Kier molecular flexibility index (Phi) is 7.14. The van der Waals surface area contributed by atoms with Gasteiger partial charge in [-0.25, -0.2) is 4.98 Å². The number of aromatic nitrogens is 1. The number of anilines is 1. The molecule has 1 heterocycles. The highest BCUT2D eigenvalue weighted by Gasteiger charge is 2.08. The molecule has 0 saturated heterocycles. The highest BCUT2D eigenvalue weighted by atomic mass is 35.5. The lowest BCUT2D eigenvalue weighted by atomic mass is 10.2. The number of carbonyl (C=O) groups is 1. The largest absolute Gasteiger partial charge is 0.497 e. The highest BCUT2D eigenvalue weighted by molar-refractivity contribution is 7.19. The highest BCUT2D eigenvalue weighted by Crippen LogP contribution is 2.30. The van der Waals surface area contributed by atoms with Gasteiger partial charge in [0.25, 0.3) is 0 Å². The summed E-state index contributed by atoms with van der Waals surface area (Å²) in [6.45, 7) is 0.519. The lowest BCUT2D eigenvalue weighted by Gasteiger charge is -2.01. The van der Waals surface area contributed by atoms with Gasteiger partial charge in [-0.2, -0.15) is 0 Å². The molecule has 3 N–H and O–H groups in total. The van der Waals surface area contributed by atoms with Gasteiger partial charge in [-0.3, -0.25) is 4.79 Å². The van der Waals surface area contributed by atoms with Gasteiger partial charge in [0.05, 0.1) is 13.3 Å². The van der Waals surface area contributed by atoms with Crippen molar-refractivity contribution in [2.45, 2.75) is 12.8 Å². The molecule has 0 atom stereocenters. The molecular formula is C14H18ClN3O2S. The van der Waals surface area contributed by atoms with Crippen LogP contribution in [-0.2, 0) is 4.79 Å². The van der Waals surface area contributed by atoms with Gasteiger partial charge < -0.3 is 15.8 Å². The molecule has 0 aliphatic rings.